The van der Waals surface area contributed by atoms with Crippen molar-refractivity contribution < 1.29 is 19.8 Å². The molecule has 0 aliphatic carbocycles. The molecule has 0 bridgehead atoms. The molecule has 0 spiro atoms. The second-order valence-electron chi connectivity index (χ2n) is 9.27. The average molecular weight is 550 g/mol. The molecule has 0 radical (unpaired) electrons. The van der Waals surface area contributed by atoms with E-state index in [0.29, 0.717) is 58.6 Å². The second-order valence-corrected chi connectivity index (χ2v) is 10.1. The monoisotopic (exact) mass is 549 g/mol. The Balaban J connectivity index is 1.32. The van der Waals surface area contributed by atoms with Gasteiger partial charge in [-0.3, -0.25) is 24.2 Å². The molecule has 2 atom stereocenters. The van der Waals surface area contributed by atoms with Crippen LogP contribution in [0.3, 0.4) is 0 Å². The maximum absolute atomic E-state index is 13.1. The molecule has 3 aromatic rings. The van der Waals surface area contributed by atoms with Gasteiger partial charge in [0.1, 0.15) is 11.6 Å². The number of anilines is 2. The molecule has 196 valence electrons. The number of H-pyrrole nitrogens is 1. The molecular weight excluding hydrogens is 525 g/mol. The summed E-state index contributed by atoms with van der Waals surface area (Å²) in [6.45, 7) is 0.697. The molecule has 2 aliphatic heterocycles. The van der Waals surface area contributed by atoms with Crippen LogP contribution in [0.25, 0.3) is 11.0 Å². The SMILES string of the molecule is CN(c1ccc(Cl)c(Cl)c1)c1nc2cnn(C3CCN(C(=O)[C@@H]4C[C@H](O)CN4C(=O)O)CC3)c2c(=O)[nH]1. The number of nitrogens with zero attached hydrogens (tertiary/aromatic N) is 6. The quantitative estimate of drug-likeness (QED) is 0.449. The van der Waals surface area contributed by atoms with E-state index in [1.807, 2.05) is 0 Å². The first-order chi connectivity index (χ1) is 17.6. The van der Waals surface area contributed by atoms with Crippen molar-refractivity contribution >= 4 is 57.9 Å². The van der Waals surface area contributed by atoms with Crippen LogP contribution in [0.2, 0.25) is 10.0 Å². The first-order valence-electron chi connectivity index (χ1n) is 11.8. The highest BCUT2D eigenvalue weighted by atomic mass is 35.5. The molecule has 1 aromatic carbocycles. The minimum absolute atomic E-state index is 0.0699. The number of halogens is 2. The Hall–Kier alpha value is -3.35. The predicted molar refractivity (Wildman–Crippen MR) is 137 cm³/mol. The fraction of sp³-hybridized carbons (Fsp3) is 0.435. The lowest BCUT2D eigenvalue weighted by molar-refractivity contribution is -0.136. The normalized spacial score (nSPS) is 20.5. The highest BCUT2D eigenvalue weighted by Gasteiger charge is 2.41. The maximum Gasteiger partial charge on any atom is 0.408 e. The van der Waals surface area contributed by atoms with Gasteiger partial charge in [-0.1, -0.05) is 23.2 Å². The number of aromatic nitrogens is 4. The van der Waals surface area contributed by atoms with Gasteiger partial charge in [0.25, 0.3) is 5.56 Å². The Labute approximate surface area is 221 Å². The van der Waals surface area contributed by atoms with Gasteiger partial charge in [-0.2, -0.15) is 5.10 Å². The van der Waals surface area contributed by atoms with Gasteiger partial charge in [0, 0.05) is 32.2 Å². The summed E-state index contributed by atoms with van der Waals surface area (Å²) >= 11 is 12.1. The molecule has 2 aromatic heterocycles. The number of benzene rings is 1. The van der Waals surface area contributed by atoms with Gasteiger partial charge >= 0.3 is 6.09 Å². The van der Waals surface area contributed by atoms with Crippen LogP contribution in [0.15, 0.2) is 29.2 Å². The van der Waals surface area contributed by atoms with Crippen molar-refractivity contribution in [1.82, 2.24) is 29.5 Å². The standard InChI is InChI=1S/C23H25Cl2N7O5/c1-29(13-2-3-15(24)16(25)8-13)22-27-17-10-26-32(19(17)20(34)28-22)12-4-6-30(7-5-12)21(35)18-9-14(33)11-31(18)23(36)37/h2-3,8,10,12,14,18,33H,4-7,9,11H2,1H3,(H,36,37)(H,27,28,34)/t14-,18-/m0/s1. The number of β-amino-alcohol motifs (C(OH)–C–C–N with tert-alkyl or cyclic N) is 1. The van der Waals surface area contributed by atoms with Gasteiger partial charge in [0.05, 0.1) is 34.9 Å². The van der Waals surface area contributed by atoms with E-state index in [1.54, 1.807) is 45.9 Å². The number of aliphatic hydroxyl groups is 1. The van der Waals surface area contributed by atoms with Gasteiger partial charge in [0.15, 0.2) is 5.52 Å². The lowest BCUT2D eigenvalue weighted by Gasteiger charge is -2.35. The Morgan fingerprint density at radius 1 is 1.19 bits per heavy atom. The van der Waals surface area contributed by atoms with Gasteiger partial charge in [-0.05, 0) is 31.0 Å². The zero-order valence-electron chi connectivity index (χ0n) is 19.8. The third-order valence-corrected chi connectivity index (χ3v) is 7.72. The molecule has 3 N–H and O–H groups in total. The van der Waals surface area contributed by atoms with Gasteiger partial charge in [-0.15, -0.1) is 0 Å². The van der Waals surface area contributed by atoms with Crippen LogP contribution in [-0.4, -0.2) is 90.6 Å². The van der Waals surface area contributed by atoms with E-state index in [1.165, 1.54) is 0 Å². The number of fused-ring (bicyclic) bond motifs is 1. The molecule has 0 saturated carbocycles. The average Bonchev–Trinajstić information content (AvgIpc) is 3.49. The van der Waals surface area contributed by atoms with Crippen molar-refractivity contribution in [2.24, 2.45) is 0 Å². The minimum atomic E-state index is -1.22. The van der Waals surface area contributed by atoms with Crippen molar-refractivity contribution in [3.8, 4) is 0 Å². The number of amides is 2. The third-order valence-electron chi connectivity index (χ3n) is 6.98. The van der Waals surface area contributed by atoms with E-state index in [-0.39, 0.29) is 30.5 Å². The second kappa shape index (κ2) is 9.84. The molecule has 4 heterocycles. The number of carbonyl (C=O) groups excluding carboxylic acids is 1. The highest BCUT2D eigenvalue weighted by Crippen LogP contribution is 2.30. The molecule has 2 fully saturated rings. The molecule has 12 nitrogen and oxygen atoms in total. The zero-order valence-corrected chi connectivity index (χ0v) is 21.4. The Bertz CT molecular complexity index is 1420. The summed E-state index contributed by atoms with van der Waals surface area (Å²) < 4.78 is 1.65. The van der Waals surface area contributed by atoms with Gasteiger partial charge in [0.2, 0.25) is 11.9 Å². The molecule has 2 saturated heterocycles. The Kier molecular flexibility index (Phi) is 6.73. The summed E-state index contributed by atoms with van der Waals surface area (Å²) in [5.41, 5.74) is 1.12. The van der Waals surface area contributed by atoms with E-state index >= 15 is 0 Å². The van der Waals surface area contributed by atoms with Crippen molar-refractivity contribution in [3.63, 3.8) is 0 Å². The topological polar surface area (TPSA) is 148 Å². The fourth-order valence-corrected chi connectivity index (χ4v) is 5.30. The van der Waals surface area contributed by atoms with Crippen LogP contribution >= 0.6 is 23.2 Å². The summed E-state index contributed by atoms with van der Waals surface area (Å²) in [7, 11) is 1.75. The fourth-order valence-electron chi connectivity index (χ4n) is 5.01. The van der Waals surface area contributed by atoms with E-state index in [2.05, 4.69) is 15.1 Å². The number of aliphatic hydroxyl groups excluding tert-OH is 1. The van der Waals surface area contributed by atoms with E-state index < -0.39 is 18.2 Å². The number of rotatable bonds is 4. The van der Waals surface area contributed by atoms with Crippen LogP contribution < -0.4 is 10.5 Å². The largest absolute Gasteiger partial charge is 0.465 e. The molecule has 2 amide bonds. The van der Waals surface area contributed by atoms with Crippen molar-refractivity contribution in [2.75, 3.05) is 31.6 Å². The lowest BCUT2D eigenvalue weighted by atomic mass is 10.0. The zero-order chi connectivity index (χ0) is 26.4. The number of nitrogens with one attached hydrogen (secondary N) is 1. The van der Waals surface area contributed by atoms with Crippen molar-refractivity contribution in [2.45, 2.75) is 37.5 Å². The van der Waals surface area contributed by atoms with Crippen LogP contribution in [0.1, 0.15) is 25.3 Å². The van der Waals surface area contributed by atoms with Crippen LogP contribution in [0, 0.1) is 0 Å². The number of aromatic amines is 1. The lowest BCUT2D eigenvalue weighted by Crippen LogP contribution is -2.49. The molecule has 37 heavy (non-hydrogen) atoms. The molecule has 14 heteroatoms. The van der Waals surface area contributed by atoms with Crippen LogP contribution in [0.4, 0.5) is 16.4 Å². The van der Waals surface area contributed by atoms with E-state index in [0.717, 1.165) is 4.90 Å². The number of hydrogen-bond donors (Lipinski definition) is 3. The number of carbonyl (C=O) groups is 2. The van der Waals surface area contributed by atoms with Gasteiger partial charge < -0.3 is 20.0 Å². The number of carboxylic acid groups (broad SMARTS) is 1. The van der Waals surface area contributed by atoms with Crippen molar-refractivity contribution in [3.05, 3.63) is 44.8 Å². The summed E-state index contributed by atoms with van der Waals surface area (Å²) in [5, 5.41) is 24.5. The number of piperidine rings is 1. The van der Waals surface area contributed by atoms with Crippen LogP contribution in [-0.2, 0) is 4.79 Å². The summed E-state index contributed by atoms with van der Waals surface area (Å²) in [4.78, 5) is 49.2. The Morgan fingerprint density at radius 2 is 1.92 bits per heavy atom. The van der Waals surface area contributed by atoms with Crippen molar-refractivity contribution in [1.29, 1.82) is 0 Å². The molecule has 5 rings (SSSR count). The van der Waals surface area contributed by atoms with Crippen LogP contribution in [0.5, 0.6) is 0 Å². The first kappa shape index (κ1) is 25.3. The highest BCUT2D eigenvalue weighted by molar-refractivity contribution is 6.42. The third kappa shape index (κ3) is 4.72. The summed E-state index contributed by atoms with van der Waals surface area (Å²) in [6.07, 6.45) is 0.639. The molecule has 2 aliphatic rings. The Morgan fingerprint density at radius 3 is 2.59 bits per heavy atom. The first-order valence-corrected chi connectivity index (χ1v) is 12.5. The smallest absolute Gasteiger partial charge is 0.408 e. The maximum atomic E-state index is 13.1. The minimum Gasteiger partial charge on any atom is -0.465 e. The van der Waals surface area contributed by atoms with Gasteiger partial charge in [-0.25, -0.2) is 9.78 Å². The van der Waals surface area contributed by atoms with E-state index in [4.69, 9.17) is 23.2 Å². The van der Waals surface area contributed by atoms with E-state index in [9.17, 15) is 24.6 Å². The number of likely N-dealkylation sites (tertiary alicyclic amines) is 2. The number of hydrogen-bond acceptors (Lipinski definition) is 7. The molecular formula is C23H25Cl2N7O5. The summed E-state index contributed by atoms with van der Waals surface area (Å²) in [5.74, 6) is 0.00908. The predicted octanol–water partition coefficient (Wildman–Crippen LogP) is 2.47. The molecule has 0 unspecified atom stereocenters. The summed E-state index contributed by atoms with van der Waals surface area (Å²) in [6, 6.07) is 4.09.